The summed E-state index contributed by atoms with van der Waals surface area (Å²) in [4.78, 5) is 23.7. The van der Waals surface area contributed by atoms with Crippen molar-refractivity contribution in [1.82, 2.24) is 0 Å². The molecule has 4 rings (SSSR count). The van der Waals surface area contributed by atoms with E-state index in [1.807, 2.05) is 6.92 Å². The lowest BCUT2D eigenvalue weighted by atomic mass is 10.0. The molecule has 1 aromatic heterocycles. The van der Waals surface area contributed by atoms with Gasteiger partial charge in [-0.3, -0.25) is 19.5 Å². The van der Waals surface area contributed by atoms with Gasteiger partial charge in [0.2, 0.25) is 0 Å². The van der Waals surface area contributed by atoms with Gasteiger partial charge in [-0.2, -0.15) is 18.5 Å². The van der Waals surface area contributed by atoms with E-state index in [0.29, 0.717) is 28.5 Å². The monoisotopic (exact) mass is 481 g/mol. The Balaban J connectivity index is 1.65. The minimum atomic E-state index is -4.36. The first kappa shape index (κ1) is 23.1. The van der Waals surface area contributed by atoms with Crippen molar-refractivity contribution in [3.8, 4) is 11.3 Å². The topological polar surface area (TPSA) is 143 Å². The average molecular weight is 481 g/mol. The normalized spacial score (nSPS) is 15.2. The quantitative estimate of drug-likeness (QED) is 0.244. The SMILES string of the molecule is CC1=NN(c2ccc(S(=O)(=O)O)cc2)C(=O)C1=Cc1ccc(-c2cc(C)c(C)cc2[N+](=O)[O-])o1. The van der Waals surface area contributed by atoms with Crippen LogP contribution >= 0.6 is 0 Å². The van der Waals surface area contributed by atoms with E-state index >= 15 is 0 Å². The van der Waals surface area contributed by atoms with Gasteiger partial charge in [0.25, 0.3) is 21.7 Å². The first-order chi connectivity index (χ1) is 16.0. The minimum absolute atomic E-state index is 0.0779. The number of rotatable bonds is 5. The van der Waals surface area contributed by atoms with Crippen LogP contribution in [0.4, 0.5) is 11.4 Å². The molecule has 2 aromatic carbocycles. The molecule has 2 heterocycles. The number of aryl methyl sites for hydroxylation is 2. The van der Waals surface area contributed by atoms with Crippen molar-refractivity contribution in [3.63, 3.8) is 0 Å². The van der Waals surface area contributed by atoms with Gasteiger partial charge in [-0.15, -0.1) is 0 Å². The number of nitro groups is 1. The predicted octanol–water partition coefficient (Wildman–Crippen LogP) is 4.52. The molecule has 1 amide bonds. The van der Waals surface area contributed by atoms with Crippen LogP contribution in [-0.4, -0.2) is 29.5 Å². The van der Waals surface area contributed by atoms with Crippen LogP contribution in [0.15, 0.2) is 68.5 Å². The molecule has 0 bridgehead atoms. The number of hydrazone groups is 1. The highest BCUT2D eigenvalue weighted by atomic mass is 32.2. The van der Waals surface area contributed by atoms with Crippen molar-refractivity contribution < 1.29 is 27.1 Å². The van der Waals surface area contributed by atoms with Gasteiger partial charge in [0.05, 0.1) is 32.4 Å². The van der Waals surface area contributed by atoms with Crippen LogP contribution in [0, 0.1) is 24.0 Å². The van der Waals surface area contributed by atoms with Crippen molar-refractivity contribution in [2.24, 2.45) is 5.10 Å². The van der Waals surface area contributed by atoms with Crippen LogP contribution in [0.2, 0.25) is 0 Å². The van der Waals surface area contributed by atoms with Gasteiger partial charge in [0.15, 0.2) is 0 Å². The van der Waals surface area contributed by atoms with Gasteiger partial charge < -0.3 is 4.42 Å². The second-order valence-electron chi connectivity index (χ2n) is 7.74. The molecule has 1 aliphatic heterocycles. The number of carbonyl (C=O) groups is 1. The Morgan fingerprint density at radius 1 is 1.06 bits per heavy atom. The first-order valence-electron chi connectivity index (χ1n) is 10.0. The third kappa shape index (κ3) is 4.26. The maximum Gasteiger partial charge on any atom is 0.294 e. The van der Waals surface area contributed by atoms with Crippen molar-refractivity contribution in [2.45, 2.75) is 25.7 Å². The molecule has 1 aliphatic rings. The molecular weight excluding hydrogens is 462 g/mol. The summed E-state index contributed by atoms with van der Waals surface area (Å²) in [5.74, 6) is 0.135. The summed E-state index contributed by atoms with van der Waals surface area (Å²) < 4.78 is 37.4. The van der Waals surface area contributed by atoms with Gasteiger partial charge in [-0.1, -0.05) is 0 Å². The van der Waals surface area contributed by atoms with E-state index in [9.17, 15) is 23.3 Å². The summed E-state index contributed by atoms with van der Waals surface area (Å²) in [5.41, 5.74) is 2.88. The van der Waals surface area contributed by atoms with Crippen LogP contribution in [0.25, 0.3) is 17.4 Å². The fraction of sp³-hybridized carbons (Fsp3) is 0.130. The van der Waals surface area contributed by atoms with Gasteiger partial charge in [0.1, 0.15) is 11.5 Å². The van der Waals surface area contributed by atoms with Crippen molar-refractivity contribution in [3.05, 3.63) is 81.1 Å². The van der Waals surface area contributed by atoms with E-state index in [0.717, 1.165) is 16.1 Å². The fourth-order valence-corrected chi connectivity index (χ4v) is 3.97. The zero-order valence-electron chi connectivity index (χ0n) is 18.3. The molecule has 0 unspecified atom stereocenters. The lowest BCUT2D eigenvalue weighted by Gasteiger charge is -2.11. The highest BCUT2D eigenvalue weighted by Crippen LogP contribution is 2.34. The number of hydrogen-bond donors (Lipinski definition) is 1. The number of nitro benzene ring substituents is 1. The standard InChI is InChI=1S/C23H19N3O7S/c1-13-10-20(21(26(28)29)11-14(13)2)22-9-6-17(33-22)12-19-15(3)24-25(23(19)27)16-4-7-18(8-5-16)34(30,31)32/h4-12H,1-3H3,(H,30,31,32). The van der Waals surface area contributed by atoms with E-state index in [-0.39, 0.29) is 16.2 Å². The molecule has 0 saturated carbocycles. The molecule has 0 radical (unpaired) electrons. The zero-order valence-corrected chi connectivity index (χ0v) is 19.2. The van der Waals surface area contributed by atoms with E-state index < -0.39 is 20.9 Å². The number of anilines is 1. The summed E-state index contributed by atoms with van der Waals surface area (Å²) in [6, 6.07) is 11.4. The largest absolute Gasteiger partial charge is 0.456 e. The Kier molecular flexibility index (Phi) is 5.67. The molecule has 174 valence electrons. The van der Waals surface area contributed by atoms with Crippen LogP contribution in [0.3, 0.4) is 0 Å². The second-order valence-corrected chi connectivity index (χ2v) is 9.16. The van der Waals surface area contributed by atoms with Crippen LogP contribution in [-0.2, 0) is 14.9 Å². The number of benzene rings is 2. The molecule has 0 saturated heterocycles. The Morgan fingerprint density at radius 3 is 2.32 bits per heavy atom. The summed E-state index contributed by atoms with van der Waals surface area (Å²) in [6.07, 6.45) is 1.49. The Morgan fingerprint density at radius 2 is 1.71 bits per heavy atom. The summed E-state index contributed by atoms with van der Waals surface area (Å²) in [6.45, 7) is 5.27. The van der Waals surface area contributed by atoms with Gasteiger partial charge >= 0.3 is 0 Å². The predicted molar refractivity (Wildman–Crippen MR) is 125 cm³/mol. The lowest BCUT2D eigenvalue weighted by Crippen LogP contribution is -2.21. The molecule has 0 spiro atoms. The average Bonchev–Trinajstić information content (AvgIpc) is 3.35. The summed E-state index contributed by atoms with van der Waals surface area (Å²) in [7, 11) is -4.36. The molecule has 1 N–H and O–H groups in total. The number of furan rings is 1. The third-order valence-corrected chi connectivity index (χ3v) is 6.30. The molecule has 11 heteroatoms. The highest BCUT2D eigenvalue weighted by Gasteiger charge is 2.29. The number of carbonyl (C=O) groups excluding carboxylic acids is 1. The number of nitrogens with zero attached hydrogens (tertiary/aromatic N) is 3. The van der Waals surface area contributed by atoms with Crippen molar-refractivity contribution in [1.29, 1.82) is 0 Å². The van der Waals surface area contributed by atoms with E-state index in [4.69, 9.17) is 8.97 Å². The minimum Gasteiger partial charge on any atom is -0.456 e. The molecular formula is C23H19N3O7S. The number of hydrogen-bond acceptors (Lipinski definition) is 7. The van der Waals surface area contributed by atoms with Crippen LogP contribution in [0.1, 0.15) is 23.8 Å². The molecule has 10 nitrogen and oxygen atoms in total. The molecule has 3 aromatic rings. The van der Waals surface area contributed by atoms with E-state index in [2.05, 4.69) is 5.10 Å². The first-order valence-corrected chi connectivity index (χ1v) is 11.4. The van der Waals surface area contributed by atoms with Crippen molar-refractivity contribution >= 4 is 39.2 Å². The molecule has 0 aliphatic carbocycles. The number of amides is 1. The lowest BCUT2D eigenvalue weighted by molar-refractivity contribution is -0.384. The van der Waals surface area contributed by atoms with Crippen LogP contribution in [0.5, 0.6) is 0 Å². The second kappa shape index (κ2) is 8.36. The molecule has 0 fully saturated rings. The molecule has 0 atom stereocenters. The maximum atomic E-state index is 12.9. The maximum absolute atomic E-state index is 12.9. The van der Waals surface area contributed by atoms with Crippen LogP contribution < -0.4 is 5.01 Å². The Labute approximate surface area is 194 Å². The highest BCUT2D eigenvalue weighted by molar-refractivity contribution is 7.85. The van der Waals surface area contributed by atoms with Gasteiger partial charge in [-0.25, -0.2) is 0 Å². The summed E-state index contributed by atoms with van der Waals surface area (Å²) >= 11 is 0. The fourth-order valence-electron chi connectivity index (χ4n) is 3.49. The smallest absolute Gasteiger partial charge is 0.294 e. The summed E-state index contributed by atoms with van der Waals surface area (Å²) in [5, 5.41) is 16.8. The third-order valence-electron chi connectivity index (χ3n) is 5.43. The molecule has 34 heavy (non-hydrogen) atoms. The van der Waals surface area contributed by atoms with E-state index in [1.165, 1.54) is 36.4 Å². The van der Waals surface area contributed by atoms with E-state index in [1.54, 1.807) is 32.0 Å². The van der Waals surface area contributed by atoms with Crippen molar-refractivity contribution in [2.75, 3.05) is 5.01 Å². The van der Waals surface area contributed by atoms with Gasteiger partial charge in [-0.05, 0) is 80.4 Å². The Hall–Kier alpha value is -4.09. The Bertz CT molecular complexity index is 1500. The van der Waals surface area contributed by atoms with Gasteiger partial charge in [0, 0.05) is 6.07 Å². The zero-order chi connectivity index (χ0) is 24.8.